The summed E-state index contributed by atoms with van der Waals surface area (Å²) in [5.74, 6) is 1.01. The summed E-state index contributed by atoms with van der Waals surface area (Å²) in [6.07, 6.45) is 0. The zero-order valence-electron chi connectivity index (χ0n) is 12.1. The molecule has 0 aliphatic carbocycles. The molecule has 0 aliphatic heterocycles. The van der Waals surface area contributed by atoms with Gasteiger partial charge in [0, 0.05) is 36.8 Å². The van der Waals surface area contributed by atoms with E-state index in [9.17, 15) is 0 Å². The van der Waals surface area contributed by atoms with E-state index in [4.69, 9.17) is 0 Å². The van der Waals surface area contributed by atoms with Crippen LogP contribution in [0.15, 0.2) is 5.16 Å². The van der Waals surface area contributed by atoms with Crippen LogP contribution in [0.5, 0.6) is 0 Å². The van der Waals surface area contributed by atoms with Crippen molar-refractivity contribution in [3.05, 3.63) is 17.0 Å². The zero-order valence-corrected chi connectivity index (χ0v) is 12.9. The summed E-state index contributed by atoms with van der Waals surface area (Å²) in [6.45, 7) is 9.26. The minimum atomic E-state index is 0.894. The van der Waals surface area contributed by atoms with E-state index >= 15 is 0 Å². The van der Waals surface area contributed by atoms with Crippen molar-refractivity contribution in [2.24, 2.45) is 0 Å². The van der Waals surface area contributed by atoms with Gasteiger partial charge in [-0.2, -0.15) is 0 Å². The van der Waals surface area contributed by atoms with Crippen molar-refractivity contribution in [1.82, 2.24) is 20.2 Å². The number of likely N-dealkylation sites (N-methyl/N-ethyl adjacent to an activating group) is 1. The van der Waals surface area contributed by atoms with Crippen LogP contribution in [0.1, 0.15) is 17.0 Å². The van der Waals surface area contributed by atoms with Crippen LogP contribution in [0.4, 0.5) is 0 Å². The van der Waals surface area contributed by atoms with Crippen LogP contribution in [-0.4, -0.2) is 54.4 Å². The minimum absolute atomic E-state index is 0.894. The molecule has 0 saturated carbocycles. The second-order valence-corrected chi connectivity index (χ2v) is 5.77. The highest BCUT2D eigenvalue weighted by atomic mass is 32.2. The van der Waals surface area contributed by atoms with Gasteiger partial charge in [-0.1, -0.05) is 11.8 Å². The molecule has 0 unspecified atom stereocenters. The molecule has 0 bridgehead atoms. The summed E-state index contributed by atoms with van der Waals surface area (Å²) < 4.78 is 0. The van der Waals surface area contributed by atoms with Gasteiger partial charge < -0.3 is 10.2 Å². The van der Waals surface area contributed by atoms with E-state index in [-0.39, 0.29) is 0 Å². The van der Waals surface area contributed by atoms with Crippen molar-refractivity contribution >= 4 is 11.8 Å². The molecule has 1 rings (SSSR count). The molecule has 0 amide bonds. The molecular formula is C13H24N4S. The highest BCUT2D eigenvalue weighted by Gasteiger charge is 2.04. The third kappa shape index (κ3) is 5.33. The van der Waals surface area contributed by atoms with Crippen molar-refractivity contribution in [3.8, 4) is 0 Å². The summed E-state index contributed by atoms with van der Waals surface area (Å²) in [6, 6.07) is 0. The maximum atomic E-state index is 4.50. The Morgan fingerprint density at radius 2 is 1.67 bits per heavy atom. The van der Waals surface area contributed by atoms with Crippen LogP contribution in [-0.2, 0) is 0 Å². The van der Waals surface area contributed by atoms with Gasteiger partial charge in [-0.15, -0.1) is 0 Å². The van der Waals surface area contributed by atoms with Crippen LogP contribution in [0.25, 0.3) is 0 Å². The summed E-state index contributed by atoms with van der Waals surface area (Å²) in [5, 5.41) is 4.30. The number of aryl methyl sites for hydroxylation is 2. The Kier molecular flexibility index (Phi) is 6.60. The van der Waals surface area contributed by atoms with Gasteiger partial charge in [0.1, 0.15) is 0 Å². The normalized spacial score (nSPS) is 11.2. The summed E-state index contributed by atoms with van der Waals surface area (Å²) in [4.78, 5) is 11.2. The van der Waals surface area contributed by atoms with Gasteiger partial charge in [-0.3, -0.25) is 0 Å². The van der Waals surface area contributed by atoms with E-state index < -0.39 is 0 Å². The largest absolute Gasteiger partial charge is 0.315 e. The highest BCUT2D eigenvalue weighted by Crippen LogP contribution is 2.16. The first-order valence-electron chi connectivity index (χ1n) is 6.30. The summed E-state index contributed by atoms with van der Waals surface area (Å²) >= 11 is 1.72. The van der Waals surface area contributed by atoms with E-state index in [2.05, 4.69) is 41.2 Å². The molecule has 102 valence electrons. The lowest BCUT2D eigenvalue weighted by atomic mass is 10.2. The van der Waals surface area contributed by atoms with Gasteiger partial charge in [0.15, 0.2) is 5.16 Å². The molecule has 0 atom stereocenters. The maximum absolute atomic E-state index is 4.50. The molecule has 4 nitrogen and oxygen atoms in total. The predicted molar refractivity (Wildman–Crippen MR) is 78.4 cm³/mol. The molecule has 1 heterocycles. The Bertz CT molecular complexity index is 356. The molecule has 0 fully saturated rings. The molecular weight excluding hydrogens is 244 g/mol. The quantitative estimate of drug-likeness (QED) is 0.462. The number of hydrogen-bond acceptors (Lipinski definition) is 5. The summed E-state index contributed by atoms with van der Waals surface area (Å²) in [5.41, 5.74) is 3.37. The van der Waals surface area contributed by atoms with Crippen molar-refractivity contribution in [3.63, 3.8) is 0 Å². The number of thioether (sulfide) groups is 1. The number of nitrogens with one attached hydrogen (secondary N) is 1. The molecule has 1 aromatic rings. The van der Waals surface area contributed by atoms with E-state index in [0.29, 0.717) is 0 Å². The molecule has 18 heavy (non-hydrogen) atoms. The topological polar surface area (TPSA) is 41.1 Å². The minimum Gasteiger partial charge on any atom is -0.315 e. The average Bonchev–Trinajstić information content (AvgIpc) is 2.30. The fourth-order valence-electron chi connectivity index (χ4n) is 1.45. The van der Waals surface area contributed by atoms with E-state index in [1.54, 1.807) is 11.8 Å². The Hall–Kier alpha value is -0.650. The highest BCUT2D eigenvalue weighted by molar-refractivity contribution is 7.99. The van der Waals surface area contributed by atoms with Gasteiger partial charge in [0.05, 0.1) is 0 Å². The van der Waals surface area contributed by atoms with Gasteiger partial charge in [-0.05, 0) is 40.4 Å². The molecule has 1 aromatic heterocycles. The fourth-order valence-corrected chi connectivity index (χ4v) is 2.28. The molecule has 1 N–H and O–H groups in total. The van der Waals surface area contributed by atoms with E-state index in [1.165, 1.54) is 5.56 Å². The first-order valence-corrected chi connectivity index (χ1v) is 7.29. The zero-order chi connectivity index (χ0) is 13.5. The molecule has 5 heteroatoms. The number of rotatable bonds is 7. The Morgan fingerprint density at radius 3 is 2.22 bits per heavy atom. The lowest BCUT2D eigenvalue weighted by Crippen LogP contribution is -2.28. The molecule has 0 radical (unpaired) electrons. The number of aromatic nitrogens is 2. The van der Waals surface area contributed by atoms with Gasteiger partial charge in [-0.25, -0.2) is 9.97 Å². The van der Waals surface area contributed by atoms with Crippen molar-refractivity contribution in [1.29, 1.82) is 0 Å². The SMILES string of the molecule is Cc1nc(SCCNCCN(C)C)nc(C)c1C. The van der Waals surface area contributed by atoms with E-state index in [0.717, 1.165) is 41.9 Å². The third-order valence-corrected chi connectivity index (χ3v) is 3.71. The second-order valence-electron chi connectivity index (χ2n) is 4.70. The third-order valence-electron chi connectivity index (χ3n) is 2.86. The Morgan fingerprint density at radius 1 is 1.06 bits per heavy atom. The second kappa shape index (κ2) is 7.71. The summed E-state index contributed by atoms with van der Waals surface area (Å²) in [7, 11) is 4.17. The van der Waals surface area contributed by atoms with Crippen LogP contribution in [0.3, 0.4) is 0 Å². The van der Waals surface area contributed by atoms with Crippen molar-refractivity contribution in [2.75, 3.05) is 39.5 Å². The maximum Gasteiger partial charge on any atom is 0.188 e. The molecule has 0 saturated heterocycles. The smallest absolute Gasteiger partial charge is 0.188 e. The first kappa shape index (κ1) is 15.4. The lowest BCUT2D eigenvalue weighted by molar-refractivity contribution is 0.403. The molecule has 0 aliphatic rings. The Labute approximate surface area is 115 Å². The van der Waals surface area contributed by atoms with Gasteiger partial charge in [0.2, 0.25) is 0 Å². The number of hydrogen-bond donors (Lipinski definition) is 1. The van der Waals surface area contributed by atoms with Crippen LogP contribution in [0.2, 0.25) is 0 Å². The molecule has 0 aromatic carbocycles. The van der Waals surface area contributed by atoms with Gasteiger partial charge in [0.25, 0.3) is 0 Å². The first-order chi connectivity index (χ1) is 8.50. The average molecular weight is 268 g/mol. The van der Waals surface area contributed by atoms with Crippen LogP contribution >= 0.6 is 11.8 Å². The predicted octanol–water partition coefficient (Wildman–Crippen LogP) is 1.65. The lowest BCUT2D eigenvalue weighted by Gasteiger charge is -2.10. The van der Waals surface area contributed by atoms with E-state index in [1.807, 2.05) is 13.8 Å². The van der Waals surface area contributed by atoms with Gasteiger partial charge >= 0.3 is 0 Å². The Balaban J connectivity index is 2.27. The fraction of sp³-hybridized carbons (Fsp3) is 0.692. The van der Waals surface area contributed by atoms with Crippen LogP contribution in [0, 0.1) is 20.8 Å². The van der Waals surface area contributed by atoms with Crippen molar-refractivity contribution in [2.45, 2.75) is 25.9 Å². The van der Waals surface area contributed by atoms with Crippen LogP contribution < -0.4 is 5.32 Å². The molecule has 0 spiro atoms. The number of nitrogens with zero attached hydrogens (tertiary/aromatic N) is 3. The standard InChI is InChI=1S/C13H24N4S/c1-10-11(2)15-13(16-12(10)3)18-9-7-14-6-8-17(4)5/h14H,6-9H2,1-5H3. The monoisotopic (exact) mass is 268 g/mol. The van der Waals surface area contributed by atoms with Crippen molar-refractivity contribution < 1.29 is 0 Å².